The molecule has 1 aliphatic rings. The third-order valence-corrected chi connectivity index (χ3v) is 5.82. The van der Waals surface area contributed by atoms with Crippen LogP contribution >= 0.6 is 0 Å². The largest absolute Gasteiger partial charge is 0.346 e. The molecular weight excluding hydrogens is 398 g/mol. The van der Waals surface area contributed by atoms with E-state index in [1.54, 1.807) is 6.92 Å². The molecule has 0 unspecified atom stereocenters. The molecule has 1 aliphatic heterocycles. The molecule has 3 amide bonds. The number of rotatable bonds is 4. The van der Waals surface area contributed by atoms with Gasteiger partial charge in [0.1, 0.15) is 17.5 Å². The third kappa shape index (κ3) is 3.83. The van der Waals surface area contributed by atoms with Crippen LogP contribution in [0.25, 0.3) is 0 Å². The summed E-state index contributed by atoms with van der Waals surface area (Å²) in [4.78, 5) is 24.3. The number of nitriles is 2. The molecule has 2 heterocycles. The van der Waals surface area contributed by atoms with Gasteiger partial charge < -0.3 is 10.6 Å². The fourth-order valence-electron chi connectivity index (χ4n) is 2.60. The van der Waals surface area contributed by atoms with Crippen molar-refractivity contribution >= 4 is 27.6 Å². The summed E-state index contributed by atoms with van der Waals surface area (Å²) in [6.45, 7) is 0.825. The fourth-order valence-corrected chi connectivity index (χ4v) is 4.06. The van der Waals surface area contributed by atoms with E-state index in [4.69, 9.17) is 10.5 Å². The van der Waals surface area contributed by atoms with E-state index in [1.807, 2.05) is 12.1 Å². The number of nitrogens with one attached hydrogen (secondary N) is 2. The first kappa shape index (κ1) is 19.7. The maximum atomic E-state index is 12.8. The minimum atomic E-state index is -4.32. The molecule has 3 rings (SSSR count). The Kier molecular flexibility index (Phi) is 5.12. The van der Waals surface area contributed by atoms with Gasteiger partial charge in [-0.05, 0) is 37.3 Å². The van der Waals surface area contributed by atoms with Crippen LogP contribution in [-0.2, 0) is 14.8 Å². The van der Waals surface area contributed by atoms with Crippen LogP contribution in [0.3, 0.4) is 0 Å². The Balaban J connectivity index is 1.78. The Morgan fingerprint density at radius 1 is 1.24 bits per heavy atom. The highest BCUT2D eigenvalue weighted by Crippen LogP contribution is 2.30. The first-order chi connectivity index (χ1) is 13.8. The van der Waals surface area contributed by atoms with Crippen LogP contribution < -0.4 is 10.6 Å². The standard InChI is InChI=1S/C17H13N7O4S/c1-10(13-5-3-12(8-19)22-23-13)20-16(25)9-24-17(26)21-14-4-2-11(7-18)6-15(14)29(24,27)28/h2-6,10H,9H2,1H3,(H,20,25)(H,21,26)/t10-/m1/s1. The molecule has 29 heavy (non-hydrogen) atoms. The summed E-state index contributed by atoms with van der Waals surface area (Å²) in [6.07, 6.45) is 0. The van der Waals surface area contributed by atoms with Crippen molar-refractivity contribution in [3.8, 4) is 12.1 Å². The van der Waals surface area contributed by atoms with E-state index in [-0.39, 0.29) is 21.8 Å². The first-order valence-electron chi connectivity index (χ1n) is 8.17. The molecular formula is C17H13N7O4S. The molecule has 146 valence electrons. The molecule has 2 aromatic rings. The second kappa shape index (κ2) is 7.53. The van der Waals surface area contributed by atoms with Gasteiger partial charge in [0.15, 0.2) is 5.69 Å². The average Bonchev–Trinajstić information content (AvgIpc) is 2.71. The number of aromatic nitrogens is 2. The van der Waals surface area contributed by atoms with Gasteiger partial charge >= 0.3 is 6.03 Å². The smallest absolute Gasteiger partial charge is 0.336 e. The number of benzene rings is 1. The Morgan fingerprint density at radius 3 is 2.62 bits per heavy atom. The van der Waals surface area contributed by atoms with Crippen LogP contribution in [0.2, 0.25) is 0 Å². The zero-order valence-corrected chi connectivity index (χ0v) is 15.8. The lowest BCUT2D eigenvalue weighted by Gasteiger charge is -2.28. The quantitative estimate of drug-likeness (QED) is 0.738. The summed E-state index contributed by atoms with van der Waals surface area (Å²) in [5.74, 6) is -0.748. The Bertz CT molecular complexity index is 1180. The van der Waals surface area contributed by atoms with Crippen LogP contribution in [0.15, 0.2) is 35.2 Å². The van der Waals surface area contributed by atoms with Gasteiger partial charge in [0, 0.05) is 0 Å². The van der Waals surface area contributed by atoms with E-state index >= 15 is 0 Å². The van der Waals surface area contributed by atoms with Crippen molar-refractivity contribution in [1.82, 2.24) is 19.8 Å². The number of nitrogens with zero attached hydrogens (tertiary/aromatic N) is 5. The summed E-state index contributed by atoms with van der Waals surface area (Å²) in [6, 6.07) is 8.76. The number of urea groups is 1. The zero-order chi connectivity index (χ0) is 21.2. The normalized spacial score (nSPS) is 15.3. The number of hydrogen-bond acceptors (Lipinski definition) is 8. The van der Waals surface area contributed by atoms with E-state index in [0.717, 1.165) is 6.07 Å². The zero-order valence-electron chi connectivity index (χ0n) is 14.9. The molecule has 1 aromatic heterocycles. The van der Waals surface area contributed by atoms with Gasteiger partial charge in [-0.1, -0.05) is 0 Å². The molecule has 12 heteroatoms. The SMILES string of the molecule is C[C@@H](NC(=O)CN1C(=O)Nc2ccc(C#N)cc2S1(=O)=O)c1ccc(C#N)nn1. The number of carbonyl (C=O) groups excluding carboxylic acids is 2. The topological polar surface area (TPSA) is 169 Å². The number of sulfonamides is 1. The Hall–Kier alpha value is -4.03. The number of fused-ring (bicyclic) bond motifs is 1. The van der Waals surface area contributed by atoms with Crippen molar-refractivity contribution in [2.24, 2.45) is 0 Å². The van der Waals surface area contributed by atoms with E-state index in [1.165, 1.54) is 24.3 Å². The molecule has 0 radical (unpaired) electrons. The van der Waals surface area contributed by atoms with Crippen molar-refractivity contribution in [1.29, 1.82) is 10.5 Å². The van der Waals surface area contributed by atoms with Crippen molar-refractivity contribution in [3.63, 3.8) is 0 Å². The number of anilines is 1. The molecule has 0 saturated heterocycles. The predicted molar refractivity (Wildman–Crippen MR) is 97.4 cm³/mol. The third-order valence-electron chi connectivity index (χ3n) is 4.05. The average molecular weight is 411 g/mol. The van der Waals surface area contributed by atoms with E-state index in [2.05, 4.69) is 20.8 Å². The summed E-state index contributed by atoms with van der Waals surface area (Å²) in [7, 11) is -4.32. The highest BCUT2D eigenvalue weighted by Gasteiger charge is 2.38. The number of carbonyl (C=O) groups is 2. The molecule has 0 bridgehead atoms. The molecule has 0 fully saturated rings. The molecule has 0 spiro atoms. The summed E-state index contributed by atoms with van der Waals surface area (Å²) in [5.41, 5.74) is 0.596. The van der Waals surface area contributed by atoms with Crippen molar-refractivity contribution in [3.05, 3.63) is 47.3 Å². The molecule has 1 aromatic carbocycles. The van der Waals surface area contributed by atoms with Gasteiger partial charge in [-0.2, -0.15) is 15.6 Å². The van der Waals surface area contributed by atoms with E-state index in [9.17, 15) is 18.0 Å². The maximum Gasteiger partial charge on any atom is 0.336 e. The van der Waals surface area contributed by atoms with Crippen LogP contribution in [0.1, 0.15) is 29.9 Å². The van der Waals surface area contributed by atoms with Crippen LogP contribution in [0.4, 0.5) is 10.5 Å². The van der Waals surface area contributed by atoms with Gasteiger partial charge in [0.2, 0.25) is 5.91 Å². The van der Waals surface area contributed by atoms with Gasteiger partial charge in [0.05, 0.1) is 29.1 Å². The van der Waals surface area contributed by atoms with E-state index < -0.39 is 34.5 Å². The molecule has 1 atom stereocenters. The van der Waals surface area contributed by atoms with Gasteiger partial charge in [-0.3, -0.25) is 4.79 Å². The van der Waals surface area contributed by atoms with Gasteiger partial charge in [-0.25, -0.2) is 17.5 Å². The summed E-state index contributed by atoms with van der Waals surface area (Å²) in [5, 5.41) is 30.1. The number of hydrogen-bond donors (Lipinski definition) is 2. The minimum Gasteiger partial charge on any atom is -0.346 e. The van der Waals surface area contributed by atoms with Crippen molar-refractivity contribution in [2.45, 2.75) is 17.9 Å². The molecule has 2 N–H and O–H groups in total. The van der Waals surface area contributed by atoms with Crippen LogP contribution in [0.5, 0.6) is 0 Å². The lowest BCUT2D eigenvalue weighted by Crippen LogP contribution is -2.49. The Labute approximate surface area is 165 Å². The maximum absolute atomic E-state index is 12.8. The predicted octanol–water partition coefficient (Wildman–Crippen LogP) is 0.634. The molecule has 0 saturated carbocycles. The van der Waals surface area contributed by atoms with Crippen LogP contribution in [0, 0.1) is 22.7 Å². The highest BCUT2D eigenvalue weighted by molar-refractivity contribution is 7.90. The lowest BCUT2D eigenvalue weighted by molar-refractivity contribution is -0.121. The van der Waals surface area contributed by atoms with Crippen LogP contribution in [-0.4, -0.2) is 41.4 Å². The molecule has 0 aliphatic carbocycles. The highest BCUT2D eigenvalue weighted by atomic mass is 32.2. The van der Waals surface area contributed by atoms with Gasteiger partial charge in [0.25, 0.3) is 10.0 Å². The minimum absolute atomic E-state index is 0.0342. The second-order valence-electron chi connectivity index (χ2n) is 6.01. The first-order valence-corrected chi connectivity index (χ1v) is 9.61. The molecule has 11 nitrogen and oxygen atoms in total. The summed E-state index contributed by atoms with van der Waals surface area (Å²) < 4.78 is 25.9. The second-order valence-corrected chi connectivity index (χ2v) is 7.84. The Morgan fingerprint density at radius 2 is 2.00 bits per heavy atom. The fraction of sp³-hybridized carbons (Fsp3) is 0.176. The lowest BCUT2D eigenvalue weighted by atomic mass is 10.2. The van der Waals surface area contributed by atoms with Crippen molar-refractivity contribution < 1.29 is 18.0 Å². The van der Waals surface area contributed by atoms with Gasteiger partial charge in [-0.15, -0.1) is 5.10 Å². The monoisotopic (exact) mass is 411 g/mol. The summed E-state index contributed by atoms with van der Waals surface area (Å²) >= 11 is 0. The van der Waals surface area contributed by atoms with Crippen molar-refractivity contribution in [2.75, 3.05) is 11.9 Å². The number of amides is 3. The van der Waals surface area contributed by atoms with E-state index in [0.29, 0.717) is 10.00 Å².